The van der Waals surface area contributed by atoms with Gasteiger partial charge in [-0.25, -0.2) is 0 Å². The first-order valence-corrected chi connectivity index (χ1v) is 9.10. The lowest BCUT2D eigenvalue weighted by atomic mass is 10.1. The normalized spacial score (nSPS) is 11.5. The molecule has 0 aliphatic heterocycles. The molecular formula is C16H14N4S2. The van der Waals surface area contributed by atoms with E-state index in [1.165, 1.54) is 10.8 Å². The molecule has 4 nitrogen and oxygen atoms in total. The minimum Gasteiger partial charge on any atom is -0.186 e. The molecule has 0 aliphatic carbocycles. The van der Waals surface area contributed by atoms with E-state index in [4.69, 9.17) is 5.10 Å². The van der Waals surface area contributed by atoms with Gasteiger partial charge in [-0.15, -0.1) is 10.2 Å². The van der Waals surface area contributed by atoms with Crippen molar-refractivity contribution in [2.45, 2.75) is 12.7 Å². The molecule has 0 atom stereocenters. The van der Waals surface area contributed by atoms with Gasteiger partial charge in [-0.1, -0.05) is 54.7 Å². The van der Waals surface area contributed by atoms with Crippen molar-refractivity contribution < 1.29 is 0 Å². The number of hydrogen-bond donors (Lipinski definition) is 0. The largest absolute Gasteiger partial charge is 0.235 e. The highest BCUT2D eigenvalue weighted by Gasteiger charge is 2.13. The van der Waals surface area contributed by atoms with Crippen LogP contribution < -0.4 is 0 Å². The number of rotatable bonds is 4. The number of aromatic nitrogens is 4. The molecular weight excluding hydrogens is 312 g/mol. The molecule has 0 spiro atoms. The van der Waals surface area contributed by atoms with Crippen LogP contribution in [0.25, 0.3) is 26.3 Å². The van der Waals surface area contributed by atoms with Gasteiger partial charge >= 0.3 is 0 Å². The second-order valence-electron chi connectivity index (χ2n) is 4.92. The summed E-state index contributed by atoms with van der Waals surface area (Å²) in [4.78, 5) is 0.856. The number of nitrogens with zero attached hydrogens (tertiary/aromatic N) is 4. The van der Waals surface area contributed by atoms with Crippen LogP contribution in [0.1, 0.15) is 12.7 Å². The molecule has 2 aromatic heterocycles. The SMILES string of the molecule is CCSCc1nnc2sc(-c3ccc4ccccc4c3)nn12. The van der Waals surface area contributed by atoms with Gasteiger partial charge in [0.05, 0.1) is 5.75 Å². The molecule has 2 heterocycles. The van der Waals surface area contributed by atoms with E-state index in [-0.39, 0.29) is 0 Å². The average molecular weight is 326 g/mol. The van der Waals surface area contributed by atoms with Crippen molar-refractivity contribution in [1.29, 1.82) is 0 Å². The Labute approximate surface area is 136 Å². The summed E-state index contributed by atoms with van der Waals surface area (Å²) in [5, 5.41) is 16.6. The molecule has 0 saturated heterocycles. The summed E-state index contributed by atoms with van der Waals surface area (Å²) < 4.78 is 1.87. The monoisotopic (exact) mass is 326 g/mol. The fourth-order valence-corrected chi connectivity index (χ4v) is 3.80. The van der Waals surface area contributed by atoms with Crippen molar-refractivity contribution in [2.24, 2.45) is 0 Å². The predicted octanol–water partition coefficient (Wildman–Crippen LogP) is 4.26. The Kier molecular flexibility index (Phi) is 3.56. The molecule has 0 fully saturated rings. The van der Waals surface area contributed by atoms with E-state index < -0.39 is 0 Å². The summed E-state index contributed by atoms with van der Waals surface area (Å²) in [7, 11) is 0. The summed E-state index contributed by atoms with van der Waals surface area (Å²) in [5.41, 5.74) is 1.13. The third-order valence-electron chi connectivity index (χ3n) is 3.49. The molecule has 0 unspecified atom stereocenters. The zero-order valence-corrected chi connectivity index (χ0v) is 13.7. The number of hydrogen-bond acceptors (Lipinski definition) is 5. The van der Waals surface area contributed by atoms with Gasteiger partial charge in [0.1, 0.15) is 5.01 Å². The summed E-state index contributed by atoms with van der Waals surface area (Å²) in [6.45, 7) is 2.14. The van der Waals surface area contributed by atoms with Crippen LogP contribution in [0.5, 0.6) is 0 Å². The van der Waals surface area contributed by atoms with E-state index in [1.807, 2.05) is 16.3 Å². The maximum atomic E-state index is 4.70. The molecule has 0 amide bonds. The Morgan fingerprint density at radius 3 is 2.82 bits per heavy atom. The van der Waals surface area contributed by atoms with Crippen LogP contribution in [-0.2, 0) is 5.75 Å². The summed E-state index contributed by atoms with van der Waals surface area (Å²) in [6.07, 6.45) is 0. The third kappa shape index (κ3) is 2.38. The Bertz CT molecular complexity index is 942. The van der Waals surface area contributed by atoms with Crippen LogP contribution in [0.15, 0.2) is 42.5 Å². The number of benzene rings is 2. The zero-order chi connectivity index (χ0) is 14.9. The summed E-state index contributed by atoms with van der Waals surface area (Å²) in [6, 6.07) is 14.8. The Morgan fingerprint density at radius 2 is 1.95 bits per heavy atom. The Balaban J connectivity index is 1.77. The van der Waals surface area contributed by atoms with Crippen molar-refractivity contribution >= 4 is 38.8 Å². The van der Waals surface area contributed by atoms with Gasteiger partial charge in [-0.2, -0.15) is 21.4 Å². The second-order valence-corrected chi connectivity index (χ2v) is 7.15. The fourth-order valence-electron chi connectivity index (χ4n) is 2.38. The van der Waals surface area contributed by atoms with Crippen molar-refractivity contribution in [3.63, 3.8) is 0 Å². The van der Waals surface area contributed by atoms with E-state index in [9.17, 15) is 0 Å². The highest BCUT2D eigenvalue weighted by Crippen LogP contribution is 2.28. The Morgan fingerprint density at radius 1 is 1.09 bits per heavy atom. The molecule has 0 radical (unpaired) electrons. The van der Waals surface area contributed by atoms with Crippen LogP contribution in [0.3, 0.4) is 0 Å². The van der Waals surface area contributed by atoms with E-state index >= 15 is 0 Å². The van der Waals surface area contributed by atoms with E-state index in [1.54, 1.807) is 11.3 Å². The average Bonchev–Trinajstić information content (AvgIpc) is 3.13. The van der Waals surface area contributed by atoms with Gasteiger partial charge in [0.15, 0.2) is 5.82 Å². The van der Waals surface area contributed by atoms with Crippen LogP contribution in [0, 0.1) is 0 Å². The molecule has 4 aromatic rings. The van der Waals surface area contributed by atoms with Crippen molar-refractivity contribution in [1.82, 2.24) is 19.8 Å². The molecule has 0 saturated carbocycles. The molecule has 6 heteroatoms. The van der Waals surface area contributed by atoms with Crippen molar-refractivity contribution in [2.75, 3.05) is 5.75 Å². The molecule has 0 aliphatic rings. The van der Waals surface area contributed by atoms with Crippen molar-refractivity contribution in [3.8, 4) is 10.6 Å². The minimum absolute atomic E-state index is 0.846. The molecule has 110 valence electrons. The lowest BCUT2D eigenvalue weighted by Gasteiger charge is -2.00. The topological polar surface area (TPSA) is 43.1 Å². The maximum Gasteiger partial charge on any atom is 0.235 e. The van der Waals surface area contributed by atoms with E-state index in [0.717, 1.165) is 32.9 Å². The van der Waals surface area contributed by atoms with E-state index in [0.29, 0.717) is 0 Å². The van der Waals surface area contributed by atoms with Crippen LogP contribution >= 0.6 is 23.1 Å². The lowest BCUT2D eigenvalue weighted by molar-refractivity contribution is 0.887. The third-order valence-corrected chi connectivity index (χ3v) is 5.31. The lowest BCUT2D eigenvalue weighted by Crippen LogP contribution is -1.94. The first-order valence-electron chi connectivity index (χ1n) is 7.13. The highest BCUT2D eigenvalue weighted by molar-refractivity contribution is 7.98. The second kappa shape index (κ2) is 5.70. The first-order chi connectivity index (χ1) is 10.8. The molecule has 4 rings (SSSR count). The molecule has 0 N–H and O–H groups in total. The quantitative estimate of drug-likeness (QED) is 0.562. The van der Waals surface area contributed by atoms with E-state index in [2.05, 4.69) is 59.6 Å². The predicted molar refractivity (Wildman–Crippen MR) is 93.4 cm³/mol. The first kappa shape index (κ1) is 13.7. The molecule has 0 bridgehead atoms. The minimum atomic E-state index is 0.846. The number of thioether (sulfide) groups is 1. The Hall–Kier alpha value is -1.92. The van der Waals surface area contributed by atoms with Crippen LogP contribution in [-0.4, -0.2) is 25.6 Å². The van der Waals surface area contributed by atoms with Crippen LogP contribution in [0.2, 0.25) is 0 Å². The van der Waals surface area contributed by atoms with Gasteiger partial charge in [0.25, 0.3) is 0 Å². The maximum absolute atomic E-state index is 4.70. The zero-order valence-electron chi connectivity index (χ0n) is 12.1. The van der Waals surface area contributed by atoms with Gasteiger partial charge in [0, 0.05) is 5.56 Å². The van der Waals surface area contributed by atoms with Gasteiger partial charge in [0.2, 0.25) is 4.96 Å². The number of fused-ring (bicyclic) bond motifs is 2. The fraction of sp³-hybridized carbons (Fsp3) is 0.188. The standard InChI is InChI=1S/C16H14N4S2/c1-2-21-10-14-17-18-16-20(14)19-15(22-16)13-8-7-11-5-3-4-6-12(11)9-13/h3-9H,2,10H2,1H3. The smallest absolute Gasteiger partial charge is 0.186 e. The van der Waals surface area contributed by atoms with Gasteiger partial charge in [-0.3, -0.25) is 0 Å². The highest BCUT2D eigenvalue weighted by atomic mass is 32.2. The van der Waals surface area contributed by atoms with Crippen molar-refractivity contribution in [3.05, 3.63) is 48.3 Å². The molecule has 22 heavy (non-hydrogen) atoms. The molecule has 2 aromatic carbocycles. The summed E-state index contributed by atoms with van der Waals surface area (Å²) >= 11 is 3.41. The van der Waals surface area contributed by atoms with Gasteiger partial charge in [-0.05, 0) is 22.6 Å². The summed E-state index contributed by atoms with van der Waals surface area (Å²) in [5.74, 6) is 2.83. The van der Waals surface area contributed by atoms with Gasteiger partial charge < -0.3 is 0 Å². The van der Waals surface area contributed by atoms with Crippen LogP contribution in [0.4, 0.5) is 0 Å².